The van der Waals surface area contributed by atoms with Gasteiger partial charge < -0.3 is 0 Å². The van der Waals surface area contributed by atoms with Gasteiger partial charge in [-0.25, -0.2) is 0 Å². The van der Waals surface area contributed by atoms with Crippen molar-refractivity contribution in [1.29, 1.82) is 0 Å². The first-order valence-electron chi connectivity index (χ1n) is 5.22. The molecule has 2 rings (SSSR count). The van der Waals surface area contributed by atoms with Gasteiger partial charge in [0.1, 0.15) is 5.82 Å². The Morgan fingerprint density at radius 2 is 2.15 bits per heavy atom. The monoisotopic (exact) mass is 315 g/mol. The molecular formula is C10H7Cl2N5O3. The number of hydrogen-bond donors (Lipinski definition) is 2. The average Bonchev–Trinajstić information content (AvgIpc) is 2.77. The van der Waals surface area contributed by atoms with E-state index >= 15 is 0 Å². The quantitative estimate of drug-likeness (QED) is 0.667. The van der Waals surface area contributed by atoms with Crippen LogP contribution in [0.1, 0.15) is 16.2 Å². The number of carbonyl (C=O) groups excluding carboxylic acids is 1. The maximum atomic E-state index is 12.0. The second kappa shape index (κ2) is 5.43. The summed E-state index contributed by atoms with van der Waals surface area (Å²) in [5, 5.41) is 19.2. The Bertz CT molecular complexity index is 700. The summed E-state index contributed by atoms with van der Waals surface area (Å²) >= 11 is 11.6. The van der Waals surface area contributed by atoms with Crippen molar-refractivity contribution in [3.63, 3.8) is 0 Å². The Balaban J connectivity index is 2.36. The Morgan fingerprint density at radius 1 is 1.45 bits per heavy atom. The normalized spacial score (nSPS) is 10.3. The van der Waals surface area contributed by atoms with E-state index in [2.05, 4.69) is 20.5 Å². The van der Waals surface area contributed by atoms with E-state index < -0.39 is 10.8 Å². The van der Waals surface area contributed by atoms with Crippen LogP contribution in [-0.4, -0.2) is 26.0 Å². The average molecular weight is 316 g/mol. The lowest BCUT2D eigenvalue weighted by Crippen LogP contribution is -2.14. The number of hydrogen-bond acceptors (Lipinski definition) is 5. The Hall–Kier alpha value is -2.19. The highest BCUT2D eigenvalue weighted by Crippen LogP contribution is 2.31. The van der Waals surface area contributed by atoms with Crippen LogP contribution in [0.4, 0.5) is 11.6 Å². The highest BCUT2D eigenvalue weighted by molar-refractivity contribution is 6.44. The number of benzene rings is 1. The molecule has 10 heteroatoms. The predicted molar refractivity (Wildman–Crippen MR) is 72.2 cm³/mol. The minimum atomic E-state index is -0.695. The van der Waals surface area contributed by atoms with Crippen molar-refractivity contribution in [3.8, 4) is 0 Å². The lowest BCUT2D eigenvalue weighted by Gasteiger charge is -2.05. The molecule has 20 heavy (non-hydrogen) atoms. The van der Waals surface area contributed by atoms with Gasteiger partial charge in [-0.3, -0.25) is 25.3 Å². The lowest BCUT2D eigenvalue weighted by atomic mass is 10.2. The van der Waals surface area contributed by atoms with Gasteiger partial charge in [0, 0.05) is 12.1 Å². The highest BCUT2D eigenvalue weighted by atomic mass is 35.5. The number of rotatable bonds is 3. The number of aromatic amines is 1. The number of nitrogens with one attached hydrogen (secondary N) is 2. The summed E-state index contributed by atoms with van der Waals surface area (Å²) in [7, 11) is 0. The molecule has 0 aliphatic rings. The molecule has 1 aromatic heterocycles. The summed E-state index contributed by atoms with van der Waals surface area (Å²) in [6.45, 7) is 1.65. The number of non-ortho nitro benzene ring substituents is 1. The third-order valence-electron chi connectivity index (χ3n) is 2.29. The summed E-state index contributed by atoms with van der Waals surface area (Å²) < 4.78 is 0. The molecule has 0 aliphatic carbocycles. The number of anilines is 1. The van der Waals surface area contributed by atoms with Crippen LogP contribution in [0, 0.1) is 17.0 Å². The molecule has 0 spiro atoms. The number of aromatic nitrogens is 3. The lowest BCUT2D eigenvalue weighted by molar-refractivity contribution is -0.384. The molecule has 1 aromatic carbocycles. The topological polar surface area (TPSA) is 114 Å². The number of halogens is 2. The molecule has 0 unspecified atom stereocenters. The van der Waals surface area contributed by atoms with E-state index in [0.29, 0.717) is 5.82 Å². The van der Waals surface area contributed by atoms with Crippen molar-refractivity contribution < 1.29 is 9.72 Å². The fourth-order valence-electron chi connectivity index (χ4n) is 1.41. The first-order valence-corrected chi connectivity index (χ1v) is 5.98. The number of H-pyrrole nitrogens is 1. The molecule has 0 bridgehead atoms. The Labute approximate surface area is 122 Å². The number of amides is 1. The second-order valence-corrected chi connectivity index (χ2v) is 4.53. The third-order valence-corrected chi connectivity index (χ3v) is 3.09. The molecule has 0 saturated carbocycles. The van der Waals surface area contributed by atoms with Gasteiger partial charge in [-0.15, -0.1) is 5.10 Å². The summed E-state index contributed by atoms with van der Waals surface area (Å²) in [6.07, 6.45) is 0. The van der Waals surface area contributed by atoms with Crippen LogP contribution in [-0.2, 0) is 0 Å². The minimum absolute atomic E-state index is 0.0335. The van der Waals surface area contributed by atoms with Crippen LogP contribution in [0.25, 0.3) is 0 Å². The van der Waals surface area contributed by atoms with E-state index in [1.165, 1.54) is 0 Å². The van der Waals surface area contributed by atoms with Crippen LogP contribution in [0.5, 0.6) is 0 Å². The van der Waals surface area contributed by atoms with Gasteiger partial charge in [0.2, 0.25) is 5.95 Å². The first-order chi connectivity index (χ1) is 9.38. The van der Waals surface area contributed by atoms with Gasteiger partial charge >= 0.3 is 0 Å². The molecule has 0 saturated heterocycles. The number of carbonyl (C=O) groups is 1. The molecule has 0 aliphatic heterocycles. The zero-order valence-corrected chi connectivity index (χ0v) is 11.5. The van der Waals surface area contributed by atoms with Gasteiger partial charge in [0.25, 0.3) is 11.6 Å². The van der Waals surface area contributed by atoms with Gasteiger partial charge in [-0.05, 0) is 6.92 Å². The maximum absolute atomic E-state index is 12.0. The fraction of sp³-hybridized carbons (Fsp3) is 0.100. The van der Waals surface area contributed by atoms with E-state index in [4.69, 9.17) is 23.2 Å². The molecule has 2 aromatic rings. The predicted octanol–water partition coefficient (Wildman–Crippen LogP) is 2.58. The zero-order valence-electron chi connectivity index (χ0n) is 9.98. The summed E-state index contributed by atoms with van der Waals surface area (Å²) in [5.74, 6) is -0.158. The SMILES string of the molecule is Cc1nc(NC(=O)c2cc([N+](=O)[O-])cc(Cl)c2Cl)n[nH]1. The fourth-order valence-corrected chi connectivity index (χ4v) is 1.82. The maximum Gasteiger partial charge on any atom is 0.271 e. The Morgan fingerprint density at radius 3 is 2.70 bits per heavy atom. The van der Waals surface area contributed by atoms with E-state index in [1.807, 2.05) is 0 Å². The number of nitro groups is 1. The minimum Gasteiger partial charge on any atom is -0.289 e. The Kier molecular flexibility index (Phi) is 3.86. The molecule has 0 radical (unpaired) electrons. The zero-order chi connectivity index (χ0) is 14.9. The number of nitro benzene ring substituents is 1. The van der Waals surface area contributed by atoms with E-state index in [9.17, 15) is 14.9 Å². The molecule has 0 fully saturated rings. The molecule has 8 nitrogen and oxygen atoms in total. The van der Waals surface area contributed by atoms with Gasteiger partial charge in [-0.2, -0.15) is 4.98 Å². The number of nitrogens with zero attached hydrogens (tertiary/aromatic N) is 3. The van der Waals surface area contributed by atoms with Crippen molar-refractivity contribution in [2.45, 2.75) is 6.92 Å². The molecule has 104 valence electrons. The van der Waals surface area contributed by atoms with Crippen molar-refractivity contribution in [3.05, 3.63) is 43.7 Å². The molecular weight excluding hydrogens is 309 g/mol. The van der Waals surface area contributed by atoms with Crippen molar-refractivity contribution >= 4 is 40.7 Å². The number of aryl methyl sites for hydroxylation is 1. The summed E-state index contributed by atoms with van der Waals surface area (Å²) in [4.78, 5) is 26.0. The largest absolute Gasteiger partial charge is 0.289 e. The highest BCUT2D eigenvalue weighted by Gasteiger charge is 2.20. The van der Waals surface area contributed by atoms with Crippen molar-refractivity contribution in [2.24, 2.45) is 0 Å². The van der Waals surface area contributed by atoms with Gasteiger partial charge in [-0.1, -0.05) is 23.2 Å². The van der Waals surface area contributed by atoms with Crippen LogP contribution in [0.15, 0.2) is 12.1 Å². The van der Waals surface area contributed by atoms with E-state index in [0.717, 1.165) is 12.1 Å². The van der Waals surface area contributed by atoms with Crippen molar-refractivity contribution in [1.82, 2.24) is 15.2 Å². The van der Waals surface area contributed by atoms with Crippen LogP contribution in [0.2, 0.25) is 10.0 Å². The second-order valence-electron chi connectivity index (χ2n) is 3.74. The molecule has 1 heterocycles. The summed E-state index contributed by atoms with van der Waals surface area (Å²) in [5.41, 5.74) is -0.468. The standard InChI is InChI=1S/C10H7Cl2N5O3/c1-4-13-10(16-15-4)14-9(18)6-2-5(17(19)20)3-7(11)8(6)12/h2-3H,1H3,(H2,13,14,15,16,18). The summed E-state index contributed by atoms with van der Waals surface area (Å²) in [6, 6.07) is 2.10. The van der Waals surface area contributed by atoms with Gasteiger partial charge in [0.15, 0.2) is 0 Å². The third kappa shape index (κ3) is 2.86. The van der Waals surface area contributed by atoms with Crippen molar-refractivity contribution in [2.75, 3.05) is 5.32 Å². The van der Waals surface area contributed by atoms with Crippen LogP contribution < -0.4 is 5.32 Å². The van der Waals surface area contributed by atoms with Gasteiger partial charge in [0.05, 0.1) is 20.5 Å². The van der Waals surface area contributed by atoms with E-state index in [1.54, 1.807) is 6.92 Å². The smallest absolute Gasteiger partial charge is 0.271 e. The van der Waals surface area contributed by atoms with Crippen LogP contribution >= 0.6 is 23.2 Å². The molecule has 2 N–H and O–H groups in total. The van der Waals surface area contributed by atoms with E-state index in [-0.39, 0.29) is 27.2 Å². The molecule has 1 amide bonds. The van der Waals surface area contributed by atoms with Crippen LogP contribution in [0.3, 0.4) is 0 Å². The first kappa shape index (κ1) is 14.2. The molecule has 0 atom stereocenters.